The van der Waals surface area contributed by atoms with Gasteiger partial charge in [-0.1, -0.05) is 43.2 Å². The number of hydrogen-bond acceptors (Lipinski definition) is 9. The number of ether oxygens (including phenoxy) is 2. The van der Waals surface area contributed by atoms with E-state index in [9.17, 15) is 14.4 Å². The van der Waals surface area contributed by atoms with Crippen LogP contribution in [-0.2, 0) is 28.9 Å². The molecule has 0 saturated heterocycles. The first-order valence-electron chi connectivity index (χ1n) is 14.5. The summed E-state index contributed by atoms with van der Waals surface area (Å²) >= 11 is 2.81. The molecule has 2 aliphatic rings. The summed E-state index contributed by atoms with van der Waals surface area (Å²) in [5, 5.41) is 15.6. The van der Waals surface area contributed by atoms with Crippen LogP contribution in [0.2, 0.25) is 0 Å². The first-order valence-corrected chi connectivity index (χ1v) is 16.2. The molecular formula is C30H37N5O5S2. The molecule has 1 fully saturated rings. The van der Waals surface area contributed by atoms with Crippen LogP contribution in [0.25, 0.3) is 0 Å². The number of fused-ring (bicyclic) bond motifs is 1. The molecule has 5 rings (SSSR count). The number of amides is 2. The molecule has 42 heavy (non-hydrogen) atoms. The summed E-state index contributed by atoms with van der Waals surface area (Å²) in [6.07, 6.45) is 8.12. The highest BCUT2D eigenvalue weighted by Crippen LogP contribution is 2.40. The summed E-state index contributed by atoms with van der Waals surface area (Å²) < 4.78 is 12.7. The van der Waals surface area contributed by atoms with Crippen LogP contribution >= 0.6 is 23.1 Å². The molecule has 2 amide bonds. The summed E-state index contributed by atoms with van der Waals surface area (Å²) in [6.45, 7) is 4.09. The Morgan fingerprint density at radius 1 is 1.12 bits per heavy atom. The van der Waals surface area contributed by atoms with Crippen molar-refractivity contribution in [3.8, 4) is 5.75 Å². The SMILES string of the molecule is CCOC(=O)c1c(NC(=O)C(C)Sc2nnc(CNC(=O)c3ccccc3OC)n2C2CCCCC2)sc2c1CCC2. The van der Waals surface area contributed by atoms with Crippen molar-refractivity contribution in [1.82, 2.24) is 20.1 Å². The quantitative estimate of drug-likeness (QED) is 0.213. The molecule has 10 nitrogen and oxygen atoms in total. The van der Waals surface area contributed by atoms with Gasteiger partial charge in [-0.15, -0.1) is 21.5 Å². The number of carbonyl (C=O) groups is 3. The lowest BCUT2D eigenvalue weighted by molar-refractivity contribution is -0.115. The molecule has 0 aliphatic heterocycles. The molecule has 1 unspecified atom stereocenters. The molecule has 0 radical (unpaired) electrons. The van der Waals surface area contributed by atoms with Crippen molar-refractivity contribution in [2.45, 2.75) is 88.2 Å². The molecule has 2 N–H and O–H groups in total. The van der Waals surface area contributed by atoms with Gasteiger partial charge in [0.1, 0.15) is 10.8 Å². The maximum atomic E-state index is 13.4. The summed E-state index contributed by atoms with van der Waals surface area (Å²) in [7, 11) is 1.54. The van der Waals surface area contributed by atoms with Gasteiger partial charge in [-0.2, -0.15) is 0 Å². The van der Waals surface area contributed by atoms with Gasteiger partial charge in [-0.25, -0.2) is 4.79 Å². The zero-order chi connectivity index (χ0) is 29.6. The van der Waals surface area contributed by atoms with E-state index in [1.807, 2.05) is 13.0 Å². The fourth-order valence-electron chi connectivity index (χ4n) is 5.64. The number of para-hydroxylation sites is 1. The number of thiophene rings is 1. The molecule has 0 spiro atoms. The molecule has 3 aromatic rings. The number of nitrogens with one attached hydrogen (secondary N) is 2. The highest BCUT2D eigenvalue weighted by molar-refractivity contribution is 8.00. The number of anilines is 1. The van der Waals surface area contributed by atoms with E-state index >= 15 is 0 Å². The van der Waals surface area contributed by atoms with Crippen LogP contribution in [0.15, 0.2) is 29.4 Å². The minimum atomic E-state index is -0.500. The Balaban J connectivity index is 1.32. The van der Waals surface area contributed by atoms with Crippen molar-refractivity contribution in [3.05, 3.63) is 51.7 Å². The van der Waals surface area contributed by atoms with Crippen molar-refractivity contribution < 1.29 is 23.9 Å². The Morgan fingerprint density at radius 2 is 1.90 bits per heavy atom. The van der Waals surface area contributed by atoms with Crippen LogP contribution in [0, 0.1) is 0 Å². The van der Waals surface area contributed by atoms with Crippen molar-refractivity contribution in [2.75, 3.05) is 19.0 Å². The van der Waals surface area contributed by atoms with Gasteiger partial charge < -0.3 is 24.7 Å². The number of aromatic nitrogens is 3. The fraction of sp³-hybridized carbons (Fsp3) is 0.500. The molecule has 1 saturated carbocycles. The van der Waals surface area contributed by atoms with E-state index in [-0.39, 0.29) is 37.0 Å². The standard InChI is InChI=1S/C30H37N5O5S2/c1-4-40-29(38)25-21-14-10-16-23(21)42-28(25)32-26(36)18(2)41-30-34-33-24(35(30)19-11-6-5-7-12-19)17-31-27(37)20-13-8-9-15-22(20)39-3/h8-9,13,15,18-19H,4-7,10-12,14,16-17H2,1-3H3,(H,31,37)(H,32,36). The first-order chi connectivity index (χ1) is 20.4. The predicted octanol–water partition coefficient (Wildman–Crippen LogP) is 5.57. The van der Waals surface area contributed by atoms with Crippen molar-refractivity contribution in [1.29, 1.82) is 0 Å². The second-order valence-corrected chi connectivity index (χ2v) is 12.9. The Morgan fingerprint density at radius 3 is 2.67 bits per heavy atom. The molecule has 1 atom stereocenters. The normalized spacial score (nSPS) is 15.6. The molecule has 0 bridgehead atoms. The Kier molecular flexibility index (Phi) is 9.84. The van der Waals surface area contributed by atoms with Crippen LogP contribution in [0.5, 0.6) is 5.75 Å². The van der Waals surface area contributed by atoms with Gasteiger partial charge in [-0.3, -0.25) is 9.59 Å². The second-order valence-electron chi connectivity index (χ2n) is 10.5. The lowest BCUT2D eigenvalue weighted by atomic mass is 9.95. The summed E-state index contributed by atoms with van der Waals surface area (Å²) in [4.78, 5) is 40.3. The smallest absolute Gasteiger partial charge is 0.341 e. The largest absolute Gasteiger partial charge is 0.496 e. The van der Waals surface area contributed by atoms with Gasteiger partial charge in [0, 0.05) is 10.9 Å². The zero-order valence-electron chi connectivity index (χ0n) is 24.2. The molecule has 2 heterocycles. The number of hydrogen-bond donors (Lipinski definition) is 2. The van der Waals surface area contributed by atoms with Gasteiger partial charge >= 0.3 is 5.97 Å². The number of nitrogens with zero attached hydrogens (tertiary/aromatic N) is 3. The van der Waals surface area contributed by atoms with Gasteiger partial charge in [0.15, 0.2) is 11.0 Å². The van der Waals surface area contributed by atoms with E-state index in [1.165, 1.54) is 36.6 Å². The van der Waals surface area contributed by atoms with E-state index in [1.54, 1.807) is 25.1 Å². The zero-order valence-corrected chi connectivity index (χ0v) is 25.9. The van der Waals surface area contributed by atoms with Gasteiger partial charge in [0.2, 0.25) is 5.91 Å². The maximum Gasteiger partial charge on any atom is 0.341 e. The third kappa shape index (κ3) is 6.49. The predicted molar refractivity (Wildman–Crippen MR) is 163 cm³/mol. The van der Waals surface area contributed by atoms with Crippen LogP contribution in [0.1, 0.15) is 95.4 Å². The minimum absolute atomic E-state index is 0.195. The summed E-state index contributed by atoms with van der Waals surface area (Å²) in [5.74, 6) is 0.299. The first kappa shape index (κ1) is 30.1. The van der Waals surface area contributed by atoms with Crippen molar-refractivity contribution in [3.63, 3.8) is 0 Å². The average Bonchev–Trinajstić information content (AvgIpc) is 3.71. The topological polar surface area (TPSA) is 124 Å². The number of methoxy groups -OCH3 is 1. The lowest BCUT2D eigenvalue weighted by Gasteiger charge is -2.26. The van der Waals surface area contributed by atoms with Gasteiger partial charge in [-0.05, 0) is 63.6 Å². The average molecular weight is 612 g/mol. The molecule has 2 aromatic heterocycles. The number of rotatable bonds is 11. The Hall–Kier alpha value is -3.38. The highest BCUT2D eigenvalue weighted by Gasteiger charge is 2.31. The van der Waals surface area contributed by atoms with Crippen LogP contribution < -0.4 is 15.4 Å². The molecule has 2 aliphatic carbocycles. The third-order valence-electron chi connectivity index (χ3n) is 7.72. The van der Waals surface area contributed by atoms with E-state index in [4.69, 9.17) is 9.47 Å². The molecule has 224 valence electrons. The maximum absolute atomic E-state index is 13.4. The van der Waals surface area contributed by atoms with Crippen molar-refractivity contribution in [2.24, 2.45) is 0 Å². The minimum Gasteiger partial charge on any atom is -0.496 e. The number of benzene rings is 1. The second kappa shape index (κ2) is 13.7. The van der Waals surface area contributed by atoms with E-state index in [2.05, 4.69) is 25.4 Å². The Bertz CT molecular complexity index is 1450. The van der Waals surface area contributed by atoms with Gasteiger partial charge in [0.25, 0.3) is 5.91 Å². The highest BCUT2D eigenvalue weighted by atomic mass is 32.2. The number of carbonyl (C=O) groups excluding carboxylic acids is 3. The van der Waals surface area contributed by atoms with E-state index in [0.29, 0.717) is 32.9 Å². The monoisotopic (exact) mass is 611 g/mol. The fourth-order valence-corrected chi connectivity index (χ4v) is 7.86. The van der Waals surface area contributed by atoms with E-state index < -0.39 is 5.25 Å². The number of esters is 1. The van der Waals surface area contributed by atoms with Crippen molar-refractivity contribution >= 4 is 45.9 Å². The number of aryl methyl sites for hydroxylation is 1. The van der Waals surface area contributed by atoms with E-state index in [0.717, 1.165) is 55.4 Å². The summed E-state index contributed by atoms with van der Waals surface area (Å²) in [5.41, 5.74) is 1.95. The van der Waals surface area contributed by atoms with Crippen LogP contribution in [-0.4, -0.2) is 51.5 Å². The molecule has 1 aromatic carbocycles. The Labute approximate surface area is 254 Å². The third-order valence-corrected chi connectivity index (χ3v) is 9.99. The number of thioether (sulfide) groups is 1. The van der Waals surface area contributed by atoms with Crippen LogP contribution in [0.3, 0.4) is 0 Å². The van der Waals surface area contributed by atoms with Crippen LogP contribution in [0.4, 0.5) is 5.00 Å². The van der Waals surface area contributed by atoms with Gasteiger partial charge in [0.05, 0.1) is 36.6 Å². The lowest BCUT2D eigenvalue weighted by Crippen LogP contribution is -2.27. The molecular weight excluding hydrogens is 574 g/mol. The molecule has 12 heteroatoms. The summed E-state index contributed by atoms with van der Waals surface area (Å²) in [6, 6.07) is 7.28.